The number of benzene rings is 3. The van der Waals surface area contributed by atoms with Crippen LogP contribution in [-0.4, -0.2) is 23.3 Å². The Morgan fingerprint density at radius 3 is 2.53 bits per heavy atom. The quantitative estimate of drug-likeness (QED) is 0.581. The average molecular weight is 467 g/mol. The summed E-state index contributed by atoms with van der Waals surface area (Å²) in [5.74, 6) is -0.731. The highest BCUT2D eigenvalue weighted by atomic mass is 79.9. The average Bonchev–Trinajstić information content (AvgIpc) is 2.89. The number of nitrogens with zero attached hydrogens (tertiary/aromatic N) is 1. The molecule has 6 heteroatoms. The van der Waals surface area contributed by atoms with Gasteiger partial charge in [0.05, 0.1) is 6.04 Å². The van der Waals surface area contributed by atoms with Crippen LogP contribution in [0.1, 0.15) is 29.2 Å². The number of nitrogens with one attached hydrogen (secondary N) is 1. The second-order valence-corrected chi connectivity index (χ2v) is 8.16. The molecule has 0 saturated carbocycles. The fourth-order valence-electron chi connectivity index (χ4n) is 3.75. The van der Waals surface area contributed by atoms with Gasteiger partial charge in [0.2, 0.25) is 11.8 Å². The zero-order valence-electron chi connectivity index (χ0n) is 16.1. The van der Waals surface area contributed by atoms with Gasteiger partial charge in [-0.1, -0.05) is 58.4 Å². The normalized spacial score (nSPS) is 15.9. The van der Waals surface area contributed by atoms with Crippen molar-refractivity contribution in [1.82, 2.24) is 4.90 Å². The molecule has 0 spiro atoms. The van der Waals surface area contributed by atoms with E-state index in [2.05, 4.69) is 21.2 Å². The topological polar surface area (TPSA) is 49.4 Å². The van der Waals surface area contributed by atoms with Crippen LogP contribution in [0.5, 0.6) is 0 Å². The Morgan fingerprint density at radius 2 is 1.80 bits per heavy atom. The Bertz CT molecular complexity index is 1070. The molecule has 4 nitrogen and oxygen atoms in total. The molecule has 152 valence electrons. The van der Waals surface area contributed by atoms with Crippen molar-refractivity contribution in [3.05, 3.63) is 99.8 Å². The van der Waals surface area contributed by atoms with E-state index < -0.39 is 6.04 Å². The van der Waals surface area contributed by atoms with Crippen LogP contribution in [0.4, 0.5) is 10.1 Å². The fraction of sp³-hybridized carbons (Fsp3) is 0.167. The van der Waals surface area contributed by atoms with E-state index in [4.69, 9.17) is 0 Å². The summed E-state index contributed by atoms with van der Waals surface area (Å²) in [5, 5.41) is 2.89. The minimum atomic E-state index is -0.500. The van der Waals surface area contributed by atoms with E-state index >= 15 is 0 Å². The lowest BCUT2D eigenvalue weighted by Crippen LogP contribution is -2.39. The first kappa shape index (κ1) is 20.3. The third kappa shape index (κ3) is 4.44. The molecule has 1 aliphatic heterocycles. The smallest absolute Gasteiger partial charge is 0.244 e. The molecule has 1 heterocycles. The van der Waals surface area contributed by atoms with Gasteiger partial charge in [0.25, 0.3) is 0 Å². The highest BCUT2D eigenvalue weighted by Gasteiger charge is 2.33. The number of carbonyl (C=O) groups excluding carboxylic acids is 2. The van der Waals surface area contributed by atoms with Crippen LogP contribution >= 0.6 is 15.9 Å². The van der Waals surface area contributed by atoms with Crippen molar-refractivity contribution in [3.8, 4) is 0 Å². The van der Waals surface area contributed by atoms with Gasteiger partial charge in [-0.2, -0.15) is 0 Å². The van der Waals surface area contributed by atoms with Gasteiger partial charge in [0.15, 0.2) is 0 Å². The van der Waals surface area contributed by atoms with Gasteiger partial charge in [-0.25, -0.2) is 4.39 Å². The summed E-state index contributed by atoms with van der Waals surface area (Å²) in [6.07, 6.45) is 0.859. The molecule has 0 saturated heterocycles. The monoisotopic (exact) mass is 466 g/mol. The second kappa shape index (κ2) is 8.79. The molecule has 0 unspecified atom stereocenters. The van der Waals surface area contributed by atoms with E-state index in [1.807, 2.05) is 48.5 Å². The molecule has 2 amide bonds. The number of hydrogen-bond acceptors (Lipinski definition) is 2. The first-order valence-electron chi connectivity index (χ1n) is 9.69. The Hall–Kier alpha value is -2.99. The van der Waals surface area contributed by atoms with Crippen molar-refractivity contribution < 1.29 is 14.0 Å². The molecule has 4 rings (SSSR count). The molecule has 0 radical (unpaired) electrons. The first-order chi connectivity index (χ1) is 14.5. The van der Waals surface area contributed by atoms with E-state index in [1.165, 1.54) is 12.1 Å². The van der Waals surface area contributed by atoms with Crippen LogP contribution in [-0.2, 0) is 16.0 Å². The van der Waals surface area contributed by atoms with E-state index in [0.29, 0.717) is 12.1 Å². The van der Waals surface area contributed by atoms with Crippen molar-refractivity contribution in [3.63, 3.8) is 0 Å². The molecule has 0 aliphatic carbocycles. The summed E-state index contributed by atoms with van der Waals surface area (Å²) in [6.45, 7) is -0.0675. The third-order valence-electron chi connectivity index (χ3n) is 5.18. The van der Waals surface area contributed by atoms with Crippen molar-refractivity contribution in [1.29, 1.82) is 0 Å². The van der Waals surface area contributed by atoms with Gasteiger partial charge < -0.3 is 10.2 Å². The van der Waals surface area contributed by atoms with Crippen molar-refractivity contribution in [2.45, 2.75) is 18.9 Å². The summed E-state index contributed by atoms with van der Waals surface area (Å²) in [4.78, 5) is 27.4. The predicted molar refractivity (Wildman–Crippen MR) is 117 cm³/mol. The number of anilines is 1. The third-order valence-corrected chi connectivity index (χ3v) is 5.68. The van der Waals surface area contributed by atoms with Crippen LogP contribution in [0.3, 0.4) is 0 Å². The molecule has 3 aromatic rings. The van der Waals surface area contributed by atoms with Gasteiger partial charge in [0.1, 0.15) is 12.4 Å². The Morgan fingerprint density at radius 1 is 1.07 bits per heavy atom. The first-order valence-corrected chi connectivity index (χ1v) is 10.5. The lowest BCUT2D eigenvalue weighted by atomic mass is 9.95. The molecule has 0 fully saturated rings. The van der Waals surface area contributed by atoms with Crippen LogP contribution < -0.4 is 5.32 Å². The van der Waals surface area contributed by atoms with Crippen LogP contribution in [0, 0.1) is 5.82 Å². The van der Waals surface area contributed by atoms with Crippen LogP contribution in [0.2, 0.25) is 0 Å². The fourth-order valence-corrected chi connectivity index (χ4v) is 4.13. The lowest BCUT2D eigenvalue weighted by molar-refractivity contribution is -0.136. The second-order valence-electron chi connectivity index (χ2n) is 7.24. The maximum Gasteiger partial charge on any atom is 0.244 e. The van der Waals surface area contributed by atoms with Gasteiger partial charge in [-0.15, -0.1) is 0 Å². The Balaban J connectivity index is 1.72. The van der Waals surface area contributed by atoms with E-state index in [-0.39, 0.29) is 30.6 Å². The standard InChI is InChI=1S/C24H20BrFN2O2/c25-18-9-12-21-20(14-18)24(17-7-10-19(26)11-8-17)28(15-22(29)27-21)23(30)13-6-16-4-2-1-3-5-16/h1-5,7-12,14,24H,6,13,15H2,(H,27,29)/t24-/m0/s1. The molecule has 1 aliphatic rings. The van der Waals surface area contributed by atoms with Crippen molar-refractivity contribution in [2.24, 2.45) is 0 Å². The summed E-state index contributed by atoms with van der Waals surface area (Å²) in [5.41, 5.74) is 3.25. The number of halogens is 2. The molecular formula is C24H20BrFN2O2. The van der Waals surface area contributed by atoms with Crippen molar-refractivity contribution in [2.75, 3.05) is 11.9 Å². The lowest BCUT2D eigenvalue weighted by Gasteiger charge is -2.31. The zero-order valence-corrected chi connectivity index (χ0v) is 17.7. The van der Waals surface area contributed by atoms with Gasteiger partial charge >= 0.3 is 0 Å². The minimum absolute atomic E-state index is 0.0675. The molecule has 0 bridgehead atoms. The number of hydrogen-bond donors (Lipinski definition) is 1. The van der Waals surface area contributed by atoms with Crippen LogP contribution in [0.25, 0.3) is 0 Å². The van der Waals surface area contributed by atoms with Gasteiger partial charge in [0, 0.05) is 22.1 Å². The highest BCUT2D eigenvalue weighted by molar-refractivity contribution is 9.10. The van der Waals surface area contributed by atoms with E-state index in [1.54, 1.807) is 17.0 Å². The van der Waals surface area contributed by atoms with E-state index in [9.17, 15) is 14.0 Å². The number of carbonyl (C=O) groups is 2. The maximum atomic E-state index is 13.6. The molecular weight excluding hydrogens is 447 g/mol. The molecule has 1 atom stereocenters. The predicted octanol–water partition coefficient (Wildman–Crippen LogP) is 5.09. The van der Waals surface area contributed by atoms with Crippen molar-refractivity contribution >= 4 is 33.4 Å². The minimum Gasteiger partial charge on any atom is -0.324 e. The highest BCUT2D eigenvalue weighted by Crippen LogP contribution is 2.37. The molecule has 3 aromatic carbocycles. The molecule has 1 N–H and O–H groups in total. The maximum absolute atomic E-state index is 13.6. The van der Waals surface area contributed by atoms with Gasteiger partial charge in [-0.3, -0.25) is 9.59 Å². The molecule has 0 aromatic heterocycles. The Kier molecular flexibility index (Phi) is 5.95. The largest absolute Gasteiger partial charge is 0.324 e. The Labute approximate surface area is 182 Å². The molecule has 30 heavy (non-hydrogen) atoms. The number of rotatable bonds is 4. The summed E-state index contributed by atoms with van der Waals surface area (Å²) < 4.78 is 14.4. The number of fused-ring (bicyclic) bond motifs is 1. The number of aryl methyl sites for hydroxylation is 1. The number of amides is 2. The van der Waals surface area contributed by atoms with Gasteiger partial charge in [-0.05, 0) is 47.9 Å². The van der Waals surface area contributed by atoms with Crippen LogP contribution in [0.15, 0.2) is 77.3 Å². The summed E-state index contributed by atoms with van der Waals surface area (Å²) in [6, 6.07) is 20.9. The van der Waals surface area contributed by atoms with E-state index in [0.717, 1.165) is 21.2 Å². The zero-order chi connectivity index (χ0) is 21.1. The summed E-state index contributed by atoms with van der Waals surface area (Å²) >= 11 is 3.48. The summed E-state index contributed by atoms with van der Waals surface area (Å²) in [7, 11) is 0. The SMILES string of the molecule is O=C1CN(C(=O)CCc2ccccc2)[C@@H](c2ccc(F)cc2)c2cc(Br)ccc2N1.